The van der Waals surface area contributed by atoms with Gasteiger partial charge in [-0.1, -0.05) is 0 Å². The van der Waals surface area contributed by atoms with E-state index in [1.807, 2.05) is 36.4 Å². The van der Waals surface area contributed by atoms with E-state index in [9.17, 15) is 0 Å². The SMILES string of the molecule is COc1ccc(-c2nc3ncc(-c4ccco4)cc3n2CCCC#N)cc1OC. The molecule has 0 amide bonds. The number of pyridine rings is 1. The maximum absolute atomic E-state index is 8.96. The highest BCUT2D eigenvalue weighted by molar-refractivity contribution is 5.81. The summed E-state index contributed by atoms with van der Waals surface area (Å²) in [6, 6.07) is 13.7. The third-order valence-corrected chi connectivity index (χ3v) is 4.72. The predicted octanol–water partition coefficient (Wildman–Crippen LogP) is 4.68. The van der Waals surface area contributed by atoms with E-state index in [4.69, 9.17) is 24.1 Å². The molecule has 3 heterocycles. The van der Waals surface area contributed by atoms with Gasteiger partial charge in [0, 0.05) is 30.3 Å². The highest BCUT2D eigenvalue weighted by Crippen LogP contribution is 2.34. The molecule has 0 aliphatic heterocycles. The van der Waals surface area contributed by atoms with Crippen LogP contribution in [0.25, 0.3) is 33.9 Å². The molecule has 0 radical (unpaired) electrons. The molecule has 0 atom stereocenters. The molecule has 7 heteroatoms. The van der Waals surface area contributed by atoms with Crippen molar-refractivity contribution in [1.82, 2.24) is 14.5 Å². The maximum Gasteiger partial charge on any atom is 0.178 e. The summed E-state index contributed by atoms with van der Waals surface area (Å²) in [4.78, 5) is 9.29. The minimum Gasteiger partial charge on any atom is -0.493 e. The van der Waals surface area contributed by atoms with Crippen LogP contribution in [0.5, 0.6) is 11.5 Å². The average Bonchev–Trinajstić information content (AvgIpc) is 3.41. The Labute approximate surface area is 168 Å². The second-order valence-corrected chi connectivity index (χ2v) is 6.46. The van der Waals surface area contributed by atoms with Crippen LogP contribution in [0.15, 0.2) is 53.3 Å². The third-order valence-electron chi connectivity index (χ3n) is 4.72. The Hall–Kier alpha value is -3.79. The Balaban J connectivity index is 1.86. The lowest BCUT2D eigenvalue weighted by Crippen LogP contribution is -2.01. The molecule has 4 rings (SSSR count). The first-order chi connectivity index (χ1) is 14.2. The van der Waals surface area contributed by atoms with E-state index >= 15 is 0 Å². The molecule has 29 heavy (non-hydrogen) atoms. The summed E-state index contributed by atoms with van der Waals surface area (Å²) < 4.78 is 18.4. The number of nitrogens with zero attached hydrogens (tertiary/aromatic N) is 4. The summed E-state index contributed by atoms with van der Waals surface area (Å²) in [5, 5.41) is 8.96. The van der Waals surface area contributed by atoms with Crippen molar-refractivity contribution in [1.29, 1.82) is 5.26 Å². The van der Waals surface area contributed by atoms with Gasteiger partial charge in [-0.25, -0.2) is 9.97 Å². The number of hydrogen-bond acceptors (Lipinski definition) is 6. The van der Waals surface area contributed by atoms with Gasteiger partial charge in [0.25, 0.3) is 0 Å². The van der Waals surface area contributed by atoms with Crippen molar-refractivity contribution in [2.75, 3.05) is 14.2 Å². The third kappa shape index (κ3) is 3.52. The zero-order valence-corrected chi connectivity index (χ0v) is 16.3. The highest BCUT2D eigenvalue weighted by Gasteiger charge is 2.17. The smallest absolute Gasteiger partial charge is 0.178 e. The number of unbranched alkanes of at least 4 members (excludes halogenated alkanes) is 1. The quantitative estimate of drug-likeness (QED) is 0.427. The largest absolute Gasteiger partial charge is 0.493 e. The first kappa shape index (κ1) is 18.6. The number of benzene rings is 1. The molecular formula is C22H20N4O3. The lowest BCUT2D eigenvalue weighted by Gasteiger charge is -2.11. The Morgan fingerprint density at radius 1 is 1.10 bits per heavy atom. The molecule has 1 aromatic carbocycles. The summed E-state index contributed by atoms with van der Waals surface area (Å²) in [6.07, 6.45) is 4.58. The Morgan fingerprint density at radius 2 is 1.97 bits per heavy atom. The maximum atomic E-state index is 8.96. The molecule has 146 valence electrons. The topological polar surface area (TPSA) is 86.1 Å². The fourth-order valence-corrected chi connectivity index (χ4v) is 3.32. The van der Waals surface area contributed by atoms with Crippen LogP contribution in [0, 0.1) is 11.3 Å². The number of nitriles is 1. The van der Waals surface area contributed by atoms with Gasteiger partial charge in [-0.15, -0.1) is 0 Å². The Kier molecular flexibility index (Phi) is 5.16. The van der Waals surface area contributed by atoms with Crippen molar-refractivity contribution < 1.29 is 13.9 Å². The van der Waals surface area contributed by atoms with Crippen LogP contribution >= 0.6 is 0 Å². The summed E-state index contributed by atoms with van der Waals surface area (Å²) >= 11 is 0. The highest BCUT2D eigenvalue weighted by atomic mass is 16.5. The van der Waals surface area contributed by atoms with E-state index in [-0.39, 0.29) is 0 Å². The van der Waals surface area contributed by atoms with Gasteiger partial charge in [-0.05, 0) is 42.8 Å². The first-order valence-corrected chi connectivity index (χ1v) is 9.24. The first-order valence-electron chi connectivity index (χ1n) is 9.24. The molecule has 0 spiro atoms. The van der Waals surface area contributed by atoms with E-state index in [1.165, 1.54) is 0 Å². The molecule has 0 aliphatic rings. The van der Waals surface area contributed by atoms with Gasteiger partial charge in [-0.3, -0.25) is 0 Å². The average molecular weight is 388 g/mol. The standard InChI is InChI=1S/C22H20N4O3/c1-27-19-8-7-15(13-20(19)28-2)22-25-21-17(26(22)10-4-3-9-23)12-16(14-24-21)18-6-5-11-29-18/h5-8,11-14H,3-4,10H2,1-2H3. The lowest BCUT2D eigenvalue weighted by molar-refractivity contribution is 0.355. The lowest BCUT2D eigenvalue weighted by atomic mass is 10.1. The van der Waals surface area contributed by atoms with Gasteiger partial charge in [-0.2, -0.15) is 5.26 Å². The zero-order chi connectivity index (χ0) is 20.2. The molecule has 0 bridgehead atoms. The van der Waals surface area contributed by atoms with Gasteiger partial charge in [0.2, 0.25) is 0 Å². The van der Waals surface area contributed by atoms with Crippen LogP contribution in [0.4, 0.5) is 0 Å². The zero-order valence-electron chi connectivity index (χ0n) is 16.3. The number of fused-ring (bicyclic) bond motifs is 1. The van der Waals surface area contributed by atoms with Crippen molar-refractivity contribution in [3.05, 3.63) is 48.9 Å². The molecule has 0 fully saturated rings. The molecule has 0 unspecified atom stereocenters. The van der Waals surface area contributed by atoms with Gasteiger partial charge < -0.3 is 18.5 Å². The van der Waals surface area contributed by atoms with Gasteiger partial charge in [0.1, 0.15) is 11.6 Å². The second-order valence-electron chi connectivity index (χ2n) is 6.46. The Morgan fingerprint density at radius 3 is 2.69 bits per heavy atom. The van der Waals surface area contributed by atoms with Crippen molar-refractivity contribution in [2.24, 2.45) is 0 Å². The minimum atomic E-state index is 0.469. The molecule has 7 nitrogen and oxygen atoms in total. The second kappa shape index (κ2) is 8.07. The van der Waals surface area contributed by atoms with Crippen molar-refractivity contribution in [3.63, 3.8) is 0 Å². The number of methoxy groups -OCH3 is 2. The summed E-state index contributed by atoms with van der Waals surface area (Å²) in [5.41, 5.74) is 3.30. The molecule has 4 aromatic rings. The van der Waals surface area contributed by atoms with Crippen molar-refractivity contribution in [2.45, 2.75) is 19.4 Å². The van der Waals surface area contributed by atoms with E-state index in [0.717, 1.165) is 28.2 Å². The number of imidazole rings is 1. The number of hydrogen-bond donors (Lipinski definition) is 0. The van der Waals surface area contributed by atoms with Crippen molar-refractivity contribution >= 4 is 11.2 Å². The summed E-state index contributed by atoms with van der Waals surface area (Å²) in [6.45, 7) is 0.650. The fraction of sp³-hybridized carbons (Fsp3) is 0.227. The van der Waals surface area contributed by atoms with Gasteiger partial charge in [0.05, 0.1) is 32.1 Å². The van der Waals surface area contributed by atoms with Crippen LogP contribution in [-0.2, 0) is 6.54 Å². The fourth-order valence-electron chi connectivity index (χ4n) is 3.32. The number of furan rings is 1. The molecular weight excluding hydrogens is 368 g/mol. The predicted molar refractivity (Wildman–Crippen MR) is 109 cm³/mol. The van der Waals surface area contributed by atoms with Gasteiger partial charge in [0.15, 0.2) is 17.1 Å². The molecule has 0 N–H and O–H groups in total. The van der Waals surface area contributed by atoms with E-state index in [2.05, 4.69) is 15.6 Å². The Bertz CT molecular complexity index is 1170. The van der Waals surface area contributed by atoms with Crippen LogP contribution in [0.1, 0.15) is 12.8 Å². The number of aromatic nitrogens is 3. The molecule has 0 saturated heterocycles. The monoisotopic (exact) mass is 388 g/mol. The summed E-state index contributed by atoms with van der Waals surface area (Å²) in [5.74, 6) is 2.80. The molecule has 0 aliphatic carbocycles. The van der Waals surface area contributed by atoms with Crippen LogP contribution in [-0.4, -0.2) is 28.8 Å². The van der Waals surface area contributed by atoms with E-state index < -0.39 is 0 Å². The number of rotatable bonds is 7. The van der Waals surface area contributed by atoms with Crippen molar-refractivity contribution in [3.8, 4) is 40.3 Å². The summed E-state index contributed by atoms with van der Waals surface area (Å²) in [7, 11) is 3.21. The normalized spacial score (nSPS) is 10.8. The van der Waals surface area contributed by atoms with Crippen LogP contribution in [0.2, 0.25) is 0 Å². The molecule has 0 saturated carbocycles. The van der Waals surface area contributed by atoms with Gasteiger partial charge >= 0.3 is 0 Å². The van der Waals surface area contributed by atoms with Crippen LogP contribution in [0.3, 0.4) is 0 Å². The molecule has 3 aromatic heterocycles. The minimum absolute atomic E-state index is 0.469. The number of ether oxygens (including phenoxy) is 2. The van der Waals surface area contributed by atoms with E-state index in [0.29, 0.717) is 36.5 Å². The van der Waals surface area contributed by atoms with Crippen LogP contribution < -0.4 is 9.47 Å². The van der Waals surface area contributed by atoms with E-state index in [1.54, 1.807) is 26.7 Å². The number of aryl methyl sites for hydroxylation is 1.